The van der Waals surface area contributed by atoms with Crippen molar-refractivity contribution in [2.75, 3.05) is 24.3 Å². The van der Waals surface area contributed by atoms with Crippen molar-refractivity contribution < 1.29 is 14.3 Å². The van der Waals surface area contributed by atoms with Gasteiger partial charge in [0.25, 0.3) is 0 Å². The number of aryl methyl sites for hydroxylation is 2. The van der Waals surface area contributed by atoms with E-state index < -0.39 is 5.97 Å². The predicted molar refractivity (Wildman–Crippen MR) is 100 cm³/mol. The second-order valence-electron chi connectivity index (χ2n) is 5.72. The molecule has 0 radical (unpaired) electrons. The molecule has 0 fully saturated rings. The van der Waals surface area contributed by atoms with Crippen LogP contribution in [0.15, 0.2) is 42.5 Å². The summed E-state index contributed by atoms with van der Waals surface area (Å²) in [5, 5.41) is 6.12. The lowest BCUT2D eigenvalue weighted by Gasteiger charge is -2.14. The molecule has 25 heavy (non-hydrogen) atoms. The number of rotatable bonds is 7. The second kappa shape index (κ2) is 8.87. The van der Waals surface area contributed by atoms with Crippen LogP contribution in [0.5, 0.6) is 0 Å². The normalized spacial score (nSPS) is 10.2. The lowest BCUT2D eigenvalue weighted by Crippen LogP contribution is -2.18. The van der Waals surface area contributed by atoms with E-state index in [1.54, 1.807) is 18.2 Å². The predicted octanol–water partition coefficient (Wildman–Crippen LogP) is 3.78. The molecule has 0 bridgehead atoms. The third-order valence-electron chi connectivity index (χ3n) is 4.00. The molecule has 0 heterocycles. The van der Waals surface area contributed by atoms with Gasteiger partial charge in [0.15, 0.2) is 0 Å². The minimum Gasteiger partial charge on any atom is -0.465 e. The smallest absolute Gasteiger partial charge is 0.339 e. The Labute approximate surface area is 148 Å². The third-order valence-corrected chi connectivity index (χ3v) is 4.00. The first kappa shape index (κ1) is 18.5. The molecule has 0 spiro atoms. The van der Waals surface area contributed by atoms with Crippen molar-refractivity contribution in [1.82, 2.24) is 0 Å². The monoisotopic (exact) mass is 340 g/mol. The molecule has 0 saturated heterocycles. The van der Waals surface area contributed by atoms with Gasteiger partial charge in [-0.1, -0.05) is 37.3 Å². The highest BCUT2D eigenvalue weighted by Crippen LogP contribution is 2.21. The fourth-order valence-electron chi connectivity index (χ4n) is 2.64. The number of para-hydroxylation sites is 2. The molecule has 0 aliphatic carbocycles. The van der Waals surface area contributed by atoms with E-state index in [0.717, 1.165) is 23.2 Å². The number of anilines is 2. The van der Waals surface area contributed by atoms with E-state index >= 15 is 0 Å². The Morgan fingerprint density at radius 1 is 1.08 bits per heavy atom. The van der Waals surface area contributed by atoms with Gasteiger partial charge < -0.3 is 15.4 Å². The van der Waals surface area contributed by atoms with Crippen molar-refractivity contribution in [3.63, 3.8) is 0 Å². The van der Waals surface area contributed by atoms with Crippen LogP contribution < -0.4 is 10.6 Å². The molecule has 2 aromatic carbocycles. The quantitative estimate of drug-likeness (QED) is 0.753. The number of carbonyl (C=O) groups is 2. The first-order valence-corrected chi connectivity index (χ1v) is 8.36. The highest BCUT2D eigenvalue weighted by Gasteiger charge is 2.12. The van der Waals surface area contributed by atoms with Crippen molar-refractivity contribution in [3.05, 3.63) is 59.2 Å². The Morgan fingerprint density at radius 3 is 2.56 bits per heavy atom. The van der Waals surface area contributed by atoms with Crippen LogP contribution in [0, 0.1) is 6.92 Å². The number of esters is 1. The summed E-state index contributed by atoms with van der Waals surface area (Å²) in [5.41, 5.74) is 4.18. The molecule has 0 unspecified atom stereocenters. The van der Waals surface area contributed by atoms with Gasteiger partial charge in [-0.3, -0.25) is 4.79 Å². The Bertz CT molecular complexity index is 756. The van der Waals surface area contributed by atoms with Crippen molar-refractivity contribution >= 4 is 23.3 Å². The lowest BCUT2D eigenvalue weighted by atomic mass is 10.1. The summed E-state index contributed by atoms with van der Waals surface area (Å²) in [7, 11) is 1.35. The topological polar surface area (TPSA) is 67.4 Å². The van der Waals surface area contributed by atoms with E-state index in [0.29, 0.717) is 24.2 Å². The molecule has 2 rings (SSSR count). The van der Waals surface area contributed by atoms with Crippen LogP contribution in [-0.2, 0) is 16.0 Å². The van der Waals surface area contributed by atoms with Gasteiger partial charge in [-0.25, -0.2) is 4.79 Å². The van der Waals surface area contributed by atoms with Gasteiger partial charge >= 0.3 is 5.97 Å². The highest BCUT2D eigenvalue weighted by atomic mass is 16.5. The maximum Gasteiger partial charge on any atom is 0.339 e. The number of amides is 1. The highest BCUT2D eigenvalue weighted by molar-refractivity contribution is 5.96. The van der Waals surface area contributed by atoms with E-state index in [1.807, 2.05) is 31.2 Å². The summed E-state index contributed by atoms with van der Waals surface area (Å²) in [6, 6.07) is 13.1. The van der Waals surface area contributed by atoms with Crippen molar-refractivity contribution in [3.8, 4) is 0 Å². The SMILES string of the molecule is CCc1cccc(C)c1NC(=O)CCNc1ccccc1C(=O)OC. The van der Waals surface area contributed by atoms with Crippen LogP contribution in [0.25, 0.3) is 0 Å². The van der Waals surface area contributed by atoms with E-state index in [1.165, 1.54) is 7.11 Å². The minimum atomic E-state index is -0.403. The lowest BCUT2D eigenvalue weighted by molar-refractivity contribution is -0.116. The Morgan fingerprint density at radius 2 is 1.84 bits per heavy atom. The zero-order valence-electron chi connectivity index (χ0n) is 14.9. The molecule has 0 atom stereocenters. The van der Waals surface area contributed by atoms with Gasteiger partial charge in [-0.15, -0.1) is 0 Å². The fourth-order valence-corrected chi connectivity index (χ4v) is 2.64. The summed E-state index contributed by atoms with van der Waals surface area (Å²) in [6.45, 7) is 4.47. The maximum atomic E-state index is 12.3. The first-order valence-electron chi connectivity index (χ1n) is 8.36. The molecular weight excluding hydrogens is 316 g/mol. The zero-order chi connectivity index (χ0) is 18.2. The molecule has 0 aliphatic heterocycles. The summed E-state index contributed by atoms with van der Waals surface area (Å²) in [4.78, 5) is 24.0. The molecule has 5 nitrogen and oxygen atoms in total. The summed E-state index contributed by atoms with van der Waals surface area (Å²) < 4.78 is 4.76. The van der Waals surface area contributed by atoms with Crippen LogP contribution in [0.2, 0.25) is 0 Å². The molecule has 0 aromatic heterocycles. The number of carbonyl (C=O) groups excluding carboxylic acids is 2. The van der Waals surface area contributed by atoms with Crippen molar-refractivity contribution in [1.29, 1.82) is 0 Å². The van der Waals surface area contributed by atoms with Crippen LogP contribution >= 0.6 is 0 Å². The number of ether oxygens (including phenoxy) is 1. The Kier molecular flexibility index (Phi) is 6.57. The van der Waals surface area contributed by atoms with Crippen LogP contribution in [0.4, 0.5) is 11.4 Å². The zero-order valence-corrected chi connectivity index (χ0v) is 14.9. The average molecular weight is 340 g/mol. The third kappa shape index (κ3) is 4.83. The molecule has 0 aliphatic rings. The summed E-state index contributed by atoms with van der Waals surface area (Å²) in [5.74, 6) is -0.466. The number of hydrogen-bond acceptors (Lipinski definition) is 4. The van der Waals surface area contributed by atoms with Crippen LogP contribution in [-0.4, -0.2) is 25.5 Å². The standard InChI is InChI=1S/C20H24N2O3/c1-4-15-9-7-8-14(2)19(15)22-18(23)12-13-21-17-11-6-5-10-16(17)20(24)25-3/h5-11,21H,4,12-13H2,1-3H3,(H,22,23). The van der Waals surface area contributed by atoms with Crippen LogP contribution in [0.1, 0.15) is 34.8 Å². The van der Waals surface area contributed by atoms with Crippen LogP contribution in [0.3, 0.4) is 0 Å². The molecule has 5 heteroatoms. The van der Waals surface area contributed by atoms with E-state index in [4.69, 9.17) is 4.74 Å². The maximum absolute atomic E-state index is 12.3. The van der Waals surface area contributed by atoms with Gasteiger partial charge in [-0.2, -0.15) is 0 Å². The fraction of sp³-hybridized carbons (Fsp3) is 0.300. The van der Waals surface area contributed by atoms with Crippen molar-refractivity contribution in [2.24, 2.45) is 0 Å². The first-order chi connectivity index (χ1) is 12.1. The molecule has 132 valence electrons. The molecule has 2 N–H and O–H groups in total. The summed E-state index contributed by atoms with van der Waals surface area (Å²) >= 11 is 0. The molecular formula is C20H24N2O3. The number of hydrogen-bond donors (Lipinski definition) is 2. The minimum absolute atomic E-state index is 0.0629. The van der Waals surface area contributed by atoms with Gasteiger partial charge in [0.1, 0.15) is 0 Å². The number of nitrogens with one attached hydrogen (secondary N) is 2. The molecule has 1 amide bonds. The Hall–Kier alpha value is -2.82. The molecule has 0 saturated carbocycles. The van der Waals surface area contributed by atoms with E-state index in [9.17, 15) is 9.59 Å². The molecule has 2 aromatic rings. The summed E-state index contributed by atoms with van der Waals surface area (Å²) in [6.07, 6.45) is 1.16. The second-order valence-corrected chi connectivity index (χ2v) is 5.72. The van der Waals surface area contributed by atoms with E-state index in [2.05, 4.69) is 17.6 Å². The largest absolute Gasteiger partial charge is 0.465 e. The van der Waals surface area contributed by atoms with Gasteiger partial charge in [0.2, 0.25) is 5.91 Å². The van der Waals surface area contributed by atoms with Gasteiger partial charge in [-0.05, 0) is 36.6 Å². The average Bonchev–Trinajstić information content (AvgIpc) is 2.63. The Balaban J connectivity index is 1.95. The number of methoxy groups -OCH3 is 1. The van der Waals surface area contributed by atoms with Crippen molar-refractivity contribution in [2.45, 2.75) is 26.7 Å². The number of benzene rings is 2. The van der Waals surface area contributed by atoms with Gasteiger partial charge in [0.05, 0.1) is 12.7 Å². The van der Waals surface area contributed by atoms with E-state index in [-0.39, 0.29) is 5.91 Å². The van der Waals surface area contributed by atoms with Gasteiger partial charge in [0, 0.05) is 24.3 Å².